The van der Waals surface area contributed by atoms with Crippen molar-refractivity contribution in [3.05, 3.63) is 0 Å². The zero-order valence-corrected chi connectivity index (χ0v) is 8.59. The summed E-state index contributed by atoms with van der Waals surface area (Å²) in [5, 5.41) is 9.07. The molecule has 0 unspecified atom stereocenters. The molecule has 1 aliphatic carbocycles. The van der Waals surface area contributed by atoms with Crippen molar-refractivity contribution in [3.63, 3.8) is 0 Å². The lowest BCUT2D eigenvalue weighted by atomic mass is 9.76. The summed E-state index contributed by atoms with van der Waals surface area (Å²) in [6.45, 7) is 0.370. The molecule has 2 aliphatic rings. The van der Waals surface area contributed by atoms with Gasteiger partial charge in [0.2, 0.25) is 10.0 Å². The molecule has 1 saturated carbocycles. The fraction of sp³-hybridized carbons (Fsp3) is 0.875. The number of hydrogen-bond donors (Lipinski definition) is 1. The summed E-state index contributed by atoms with van der Waals surface area (Å²) in [4.78, 5) is 11.1. The molecule has 0 bridgehead atoms. The van der Waals surface area contributed by atoms with E-state index in [-0.39, 0.29) is 5.75 Å². The van der Waals surface area contributed by atoms with Crippen molar-refractivity contribution in [2.24, 2.45) is 0 Å². The second kappa shape index (κ2) is 2.93. The lowest BCUT2D eigenvalue weighted by molar-refractivity contribution is -0.153. The Bertz CT molecular complexity index is 358. The first-order chi connectivity index (χ1) is 6.49. The normalized spacial score (nSPS) is 29.7. The van der Waals surface area contributed by atoms with Gasteiger partial charge in [-0.05, 0) is 25.7 Å². The molecule has 80 valence electrons. The van der Waals surface area contributed by atoms with Gasteiger partial charge in [-0.15, -0.1) is 0 Å². The average molecular weight is 219 g/mol. The van der Waals surface area contributed by atoms with Crippen LogP contribution < -0.4 is 0 Å². The molecule has 1 saturated heterocycles. The first-order valence-electron chi connectivity index (χ1n) is 4.73. The lowest BCUT2D eigenvalue weighted by Gasteiger charge is -2.43. The standard InChI is InChI=1S/C8H13NO4S/c10-7(11)8(3-1-4-8)9-5-2-6-14(9,12)13/h1-6H2,(H,10,11). The number of carboxylic acids is 1. The fourth-order valence-electron chi connectivity index (χ4n) is 2.20. The van der Waals surface area contributed by atoms with Crippen LogP contribution in [0.3, 0.4) is 0 Å². The molecule has 0 aromatic heterocycles. The maximum atomic E-state index is 11.6. The Morgan fingerprint density at radius 3 is 2.21 bits per heavy atom. The zero-order chi connectivity index (χ0) is 10.4. The van der Waals surface area contributed by atoms with Crippen molar-refractivity contribution < 1.29 is 18.3 Å². The molecule has 14 heavy (non-hydrogen) atoms. The van der Waals surface area contributed by atoms with E-state index in [0.717, 1.165) is 6.42 Å². The maximum Gasteiger partial charge on any atom is 0.325 e. The van der Waals surface area contributed by atoms with Crippen LogP contribution >= 0.6 is 0 Å². The van der Waals surface area contributed by atoms with Gasteiger partial charge in [-0.1, -0.05) is 0 Å². The Morgan fingerprint density at radius 1 is 1.29 bits per heavy atom. The van der Waals surface area contributed by atoms with Gasteiger partial charge in [0, 0.05) is 6.54 Å². The monoisotopic (exact) mass is 219 g/mol. The summed E-state index contributed by atoms with van der Waals surface area (Å²) in [6.07, 6.45) is 2.28. The van der Waals surface area contributed by atoms with Crippen molar-refractivity contribution in [1.29, 1.82) is 0 Å². The van der Waals surface area contributed by atoms with E-state index in [1.54, 1.807) is 0 Å². The molecule has 0 spiro atoms. The first-order valence-corrected chi connectivity index (χ1v) is 6.34. The van der Waals surface area contributed by atoms with E-state index in [0.29, 0.717) is 25.8 Å². The molecule has 1 N–H and O–H groups in total. The number of aliphatic carboxylic acids is 1. The van der Waals surface area contributed by atoms with E-state index >= 15 is 0 Å². The molecule has 0 amide bonds. The zero-order valence-electron chi connectivity index (χ0n) is 7.77. The molecule has 0 aromatic rings. The minimum absolute atomic E-state index is 0.0992. The number of nitrogens with zero attached hydrogens (tertiary/aromatic N) is 1. The lowest BCUT2D eigenvalue weighted by Crippen LogP contribution is -2.59. The number of sulfonamides is 1. The molecule has 0 aromatic carbocycles. The largest absolute Gasteiger partial charge is 0.480 e. The molecule has 1 aliphatic heterocycles. The molecule has 0 radical (unpaired) electrons. The van der Waals surface area contributed by atoms with E-state index in [1.807, 2.05) is 0 Å². The van der Waals surface area contributed by atoms with Crippen LogP contribution in [0, 0.1) is 0 Å². The smallest absolute Gasteiger partial charge is 0.325 e. The van der Waals surface area contributed by atoms with E-state index in [2.05, 4.69) is 0 Å². The summed E-state index contributed by atoms with van der Waals surface area (Å²) in [7, 11) is -3.30. The van der Waals surface area contributed by atoms with Gasteiger partial charge in [0.1, 0.15) is 5.54 Å². The highest BCUT2D eigenvalue weighted by atomic mass is 32.2. The summed E-state index contributed by atoms with van der Waals surface area (Å²) >= 11 is 0. The number of carboxylic acid groups (broad SMARTS) is 1. The van der Waals surface area contributed by atoms with Gasteiger partial charge in [-0.2, -0.15) is 4.31 Å². The molecule has 6 heteroatoms. The SMILES string of the molecule is O=C(O)C1(N2CCCS2(=O)=O)CCC1. The molecule has 2 rings (SSSR count). The van der Waals surface area contributed by atoms with Crippen LogP contribution in [-0.2, 0) is 14.8 Å². The number of rotatable bonds is 2. The Balaban J connectivity index is 2.33. The quantitative estimate of drug-likeness (QED) is 0.711. The van der Waals surface area contributed by atoms with Gasteiger partial charge >= 0.3 is 5.97 Å². The summed E-state index contributed by atoms with van der Waals surface area (Å²) < 4.78 is 24.3. The Hall–Kier alpha value is -0.620. The predicted octanol–water partition coefficient (Wildman–Crippen LogP) is 0.0292. The van der Waals surface area contributed by atoms with Crippen LogP contribution in [-0.4, -0.2) is 41.6 Å². The van der Waals surface area contributed by atoms with Gasteiger partial charge in [-0.25, -0.2) is 8.42 Å². The Morgan fingerprint density at radius 2 is 1.93 bits per heavy atom. The second-order valence-electron chi connectivity index (χ2n) is 3.93. The highest BCUT2D eigenvalue weighted by Gasteiger charge is 2.55. The Kier molecular flexibility index (Phi) is 2.08. The third kappa shape index (κ3) is 1.17. The fourth-order valence-corrected chi connectivity index (χ4v) is 4.12. The van der Waals surface area contributed by atoms with Crippen LogP contribution in [0.1, 0.15) is 25.7 Å². The van der Waals surface area contributed by atoms with Crippen LogP contribution in [0.25, 0.3) is 0 Å². The van der Waals surface area contributed by atoms with Gasteiger partial charge < -0.3 is 5.11 Å². The third-order valence-corrected chi connectivity index (χ3v) is 5.16. The summed E-state index contributed by atoms with van der Waals surface area (Å²) in [5.41, 5.74) is -1.10. The van der Waals surface area contributed by atoms with E-state index in [9.17, 15) is 13.2 Å². The highest BCUT2D eigenvalue weighted by molar-refractivity contribution is 7.89. The molecular weight excluding hydrogens is 206 g/mol. The summed E-state index contributed by atoms with van der Waals surface area (Å²) in [5.74, 6) is -0.892. The van der Waals surface area contributed by atoms with Crippen LogP contribution in [0.5, 0.6) is 0 Å². The van der Waals surface area contributed by atoms with Crippen LogP contribution in [0.15, 0.2) is 0 Å². The van der Waals surface area contributed by atoms with Crippen LogP contribution in [0.4, 0.5) is 0 Å². The van der Waals surface area contributed by atoms with Crippen molar-refractivity contribution in [3.8, 4) is 0 Å². The summed E-state index contributed by atoms with van der Waals surface area (Å²) in [6, 6.07) is 0. The van der Waals surface area contributed by atoms with Crippen molar-refractivity contribution in [1.82, 2.24) is 4.31 Å². The van der Waals surface area contributed by atoms with E-state index in [1.165, 1.54) is 4.31 Å². The minimum atomic E-state index is -3.30. The third-order valence-electron chi connectivity index (χ3n) is 3.16. The number of carbonyl (C=O) groups is 1. The van der Waals surface area contributed by atoms with E-state index < -0.39 is 21.5 Å². The van der Waals surface area contributed by atoms with Crippen molar-refractivity contribution >= 4 is 16.0 Å². The molecular formula is C8H13NO4S. The highest BCUT2D eigenvalue weighted by Crippen LogP contribution is 2.41. The van der Waals surface area contributed by atoms with Gasteiger partial charge in [0.15, 0.2) is 0 Å². The van der Waals surface area contributed by atoms with Gasteiger partial charge in [-0.3, -0.25) is 4.79 Å². The predicted molar refractivity (Wildman–Crippen MR) is 49.3 cm³/mol. The Labute approximate surface area is 82.8 Å². The molecule has 2 fully saturated rings. The second-order valence-corrected chi connectivity index (χ2v) is 5.94. The maximum absolute atomic E-state index is 11.6. The molecule has 0 atom stereocenters. The van der Waals surface area contributed by atoms with Crippen LogP contribution in [0.2, 0.25) is 0 Å². The molecule has 1 heterocycles. The first kappa shape index (κ1) is 9.92. The van der Waals surface area contributed by atoms with Gasteiger partial charge in [0.05, 0.1) is 5.75 Å². The van der Waals surface area contributed by atoms with Crippen molar-refractivity contribution in [2.45, 2.75) is 31.2 Å². The topological polar surface area (TPSA) is 74.7 Å². The minimum Gasteiger partial charge on any atom is -0.480 e. The number of hydrogen-bond acceptors (Lipinski definition) is 3. The molecule has 5 nitrogen and oxygen atoms in total. The van der Waals surface area contributed by atoms with E-state index in [4.69, 9.17) is 5.11 Å². The van der Waals surface area contributed by atoms with Gasteiger partial charge in [0.25, 0.3) is 0 Å². The van der Waals surface area contributed by atoms with Crippen molar-refractivity contribution in [2.75, 3.05) is 12.3 Å². The average Bonchev–Trinajstić information content (AvgIpc) is 2.28.